The number of carbonyl (C=O) groups excluding carboxylic acids is 3. The Hall–Kier alpha value is -3.56. The van der Waals surface area contributed by atoms with E-state index in [0.717, 1.165) is 40.5 Å². The van der Waals surface area contributed by atoms with Gasteiger partial charge in [-0.05, 0) is 77.6 Å². The second-order valence-corrected chi connectivity index (χ2v) is 12.6. The lowest BCUT2D eigenvalue weighted by atomic mass is 10.0. The number of rotatable bonds is 18. The van der Waals surface area contributed by atoms with Gasteiger partial charge >= 0.3 is 5.97 Å². The SMILES string of the molecule is COC(=O)C(CCSC)NC(=O)CN(Cc1cccc2ccccc12)CC(CC(C)C)NC(=O)CCCc1ccc(O)cc1. The molecule has 0 radical (unpaired) electrons. The second kappa shape index (κ2) is 18.3. The molecular formula is C35H47N3O5S. The number of nitrogens with one attached hydrogen (secondary N) is 2. The molecule has 0 saturated heterocycles. The maximum absolute atomic E-state index is 13.4. The summed E-state index contributed by atoms with van der Waals surface area (Å²) in [5, 5.41) is 17.9. The van der Waals surface area contributed by atoms with E-state index in [-0.39, 0.29) is 30.2 Å². The van der Waals surface area contributed by atoms with Crippen LogP contribution in [0, 0.1) is 5.92 Å². The van der Waals surface area contributed by atoms with Crippen molar-refractivity contribution in [1.29, 1.82) is 0 Å². The van der Waals surface area contributed by atoms with Crippen molar-refractivity contribution in [3.63, 3.8) is 0 Å². The summed E-state index contributed by atoms with van der Waals surface area (Å²) in [7, 11) is 1.33. The molecule has 0 fully saturated rings. The molecule has 0 aromatic heterocycles. The number of phenolic OH excluding ortho intramolecular Hbond substituents is 1. The number of benzene rings is 3. The first kappa shape index (κ1) is 34.9. The molecule has 0 spiro atoms. The lowest BCUT2D eigenvalue weighted by Gasteiger charge is -2.30. The smallest absolute Gasteiger partial charge is 0.328 e. The van der Waals surface area contributed by atoms with Gasteiger partial charge in [-0.2, -0.15) is 11.8 Å². The number of fused-ring (bicyclic) bond motifs is 1. The monoisotopic (exact) mass is 621 g/mol. The van der Waals surface area contributed by atoms with Crippen molar-refractivity contribution in [2.75, 3.05) is 32.2 Å². The summed E-state index contributed by atoms with van der Waals surface area (Å²) in [4.78, 5) is 40.9. The van der Waals surface area contributed by atoms with Crippen LogP contribution in [0.4, 0.5) is 0 Å². The summed E-state index contributed by atoms with van der Waals surface area (Å²) >= 11 is 1.61. The number of amides is 2. The first-order chi connectivity index (χ1) is 21.2. The van der Waals surface area contributed by atoms with Gasteiger partial charge in [0, 0.05) is 25.6 Å². The molecule has 8 nitrogen and oxygen atoms in total. The van der Waals surface area contributed by atoms with Crippen molar-refractivity contribution < 1.29 is 24.2 Å². The van der Waals surface area contributed by atoms with Crippen molar-refractivity contribution in [2.45, 2.75) is 64.6 Å². The first-order valence-corrected chi connectivity index (χ1v) is 16.7. The van der Waals surface area contributed by atoms with Gasteiger partial charge < -0.3 is 20.5 Å². The van der Waals surface area contributed by atoms with E-state index in [0.29, 0.717) is 38.3 Å². The van der Waals surface area contributed by atoms with Crippen LogP contribution in [-0.4, -0.2) is 72.1 Å². The Bertz CT molecular complexity index is 1340. The predicted molar refractivity (Wildman–Crippen MR) is 179 cm³/mol. The van der Waals surface area contributed by atoms with Crippen molar-refractivity contribution in [3.05, 3.63) is 77.9 Å². The molecule has 0 aliphatic rings. The van der Waals surface area contributed by atoms with E-state index >= 15 is 0 Å². The van der Waals surface area contributed by atoms with Crippen LogP contribution < -0.4 is 10.6 Å². The van der Waals surface area contributed by atoms with Crippen molar-refractivity contribution in [3.8, 4) is 5.75 Å². The third-order valence-electron chi connectivity index (χ3n) is 7.48. The van der Waals surface area contributed by atoms with Crippen LogP contribution >= 0.6 is 11.8 Å². The van der Waals surface area contributed by atoms with Crippen LogP contribution in [0.15, 0.2) is 66.7 Å². The molecular weight excluding hydrogens is 574 g/mol. The number of hydrogen-bond acceptors (Lipinski definition) is 7. The molecule has 238 valence electrons. The number of nitrogens with zero attached hydrogens (tertiary/aromatic N) is 1. The number of aromatic hydroxyl groups is 1. The van der Waals surface area contributed by atoms with Gasteiger partial charge in [-0.1, -0.05) is 68.4 Å². The zero-order valence-corrected chi connectivity index (χ0v) is 27.2. The Balaban J connectivity index is 1.75. The fourth-order valence-corrected chi connectivity index (χ4v) is 5.87. The zero-order valence-electron chi connectivity index (χ0n) is 26.4. The molecule has 3 N–H and O–H groups in total. The third-order valence-corrected chi connectivity index (χ3v) is 8.12. The third kappa shape index (κ3) is 11.8. The van der Waals surface area contributed by atoms with Crippen LogP contribution in [0.2, 0.25) is 0 Å². The molecule has 3 rings (SSSR count). The number of carbonyl (C=O) groups is 3. The highest BCUT2D eigenvalue weighted by molar-refractivity contribution is 7.98. The summed E-state index contributed by atoms with van der Waals surface area (Å²) < 4.78 is 4.94. The predicted octanol–water partition coefficient (Wildman–Crippen LogP) is 5.31. The Morgan fingerprint density at radius 2 is 1.68 bits per heavy atom. The van der Waals surface area contributed by atoms with Gasteiger partial charge in [0.25, 0.3) is 0 Å². The fraction of sp³-hybridized carbons (Fsp3) is 0.457. The molecule has 9 heteroatoms. The lowest BCUT2D eigenvalue weighted by molar-refractivity contribution is -0.145. The normalized spacial score (nSPS) is 12.7. The van der Waals surface area contributed by atoms with Crippen LogP contribution in [0.3, 0.4) is 0 Å². The maximum atomic E-state index is 13.4. The van der Waals surface area contributed by atoms with Gasteiger partial charge in [0.2, 0.25) is 11.8 Å². The van der Waals surface area contributed by atoms with Crippen LogP contribution in [-0.2, 0) is 32.1 Å². The molecule has 0 aliphatic carbocycles. The molecule has 2 atom stereocenters. The average molecular weight is 622 g/mol. The van der Waals surface area contributed by atoms with E-state index < -0.39 is 12.0 Å². The largest absolute Gasteiger partial charge is 0.508 e. The van der Waals surface area contributed by atoms with Gasteiger partial charge in [0.05, 0.1) is 13.7 Å². The van der Waals surface area contributed by atoms with Gasteiger partial charge in [0.15, 0.2) is 0 Å². The Labute approximate surface area is 265 Å². The first-order valence-electron chi connectivity index (χ1n) is 15.3. The molecule has 0 saturated carbocycles. The number of thioether (sulfide) groups is 1. The van der Waals surface area contributed by atoms with Crippen LogP contribution in [0.5, 0.6) is 5.75 Å². The van der Waals surface area contributed by atoms with Gasteiger partial charge in [-0.25, -0.2) is 4.79 Å². The fourth-order valence-electron chi connectivity index (χ4n) is 5.40. The van der Waals surface area contributed by atoms with E-state index in [1.54, 1.807) is 23.9 Å². The van der Waals surface area contributed by atoms with Crippen LogP contribution in [0.25, 0.3) is 10.8 Å². The zero-order chi connectivity index (χ0) is 31.9. The van der Waals surface area contributed by atoms with Crippen molar-refractivity contribution in [1.82, 2.24) is 15.5 Å². The summed E-state index contributed by atoms with van der Waals surface area (Å²) in [5.74, 6) is 0.545. The number of methoxy groups -OCH3 is 1. The quantitative estimate of drug-likeness (QED) is 0.165. The molecule has 3 aromatic rings. The van der Waals surface area contributed by atoms with E-state index in [9.17, 15) is 19.5 Å². The minimum atomic E-state index is -0.709. The molecule has 2 amide bonds. The molecule has 0 aliphatic heterocycles. The van der Waals surface area contributed by atoms with E-state index in [1.165, 1.54) is 7.11 Å². The highest BCUT2D eigenvalue weighted by atomic mass is 32.2. The number of esters is 1. The number of hydrogen-bond donors (Lipinski definition) is 3. The number of phenols is 1. The van der Waals surface area contributed by atoms with E-state index in [2.05, 4.69) is 53.6 Å². The highest BCUT2D eigenvalue weighted by Gasteiger charge is 2.25. The average Bonchev–Trinajstić information content (AvgIpc) is 2.99. The van der Waals surface area contributed by atoms with E-state index in [4.69, 9.17) is 4.74 Å². The second-order valence-electron chi connectivity index (χ2n) is 11.6. The Kier molecular flexibility index (Phi) is 14.5. The van der Waals surface area contributed by atoms with Crippen molar-refractivity contribution >= 4 is 40.3 Å². The lowest BCUT2D eigenvalue weighted by Crippen LogP contribution is -2.49. The maximum Gasteiger partial charge on any atom is 0.328 e. The number of aryl methyl sites for hydroxylation is 1. The molecule has 44 heavy (non-hydrogen) atoms. The summed E-state index contributed by atoms with van der Waals surface area (Å²) in [6.07, 6.45) is 5.02. The van der Waals surface area contributed by atoms with Crippen LogP contribution in [0.1, 0.15) is 50.7 Å². The van der Waals surface area contributed by atoms with E-state index in [1.807, 2.05) is 36.6 Å². The van der Waals surface area contributed by atoms with Gasteiger partial charge in [-0.3, -0.25) is 14.5 Å². The molecule has 0 heterocycles. The minimum Gasteiger partial charge on any atom is -0.508 e. The number of ether oxygens (including phenoxy) is 1. The molecule has 3 aromatic carbocycles. The molecule has 0 bridgehead atoms. The topological polar surface area (TPSA) is 108 Å². The van der Waals surface area contributed by atoms with Gasteiger partial charge in [-0.15, -0.1) is 0 Å². The minimum absolute atomic E-state index is 0.0215. The van der Waals surface area contributed by atoms with Gasteiger partial charge in [0.1, 0.15) is 11.8 Å². The Morgan fingerprint density at radius 3 is 2.39 bits per heavy atom. The summed E-state index contributed by atoms with van der Waals surface area (Å²) in [6.45, 7) is 5.30. The highest BCUT2D eigenvalue weighted by Crippen LogP contribution is 2.21. The summed E-state index contributed by atoms with van der Waals surface area (Å²) in [6, 6.07) is 20.5. The standard InChI is InChI=1S/C35H47N3O5S/c1-25(2)21-29(36-33(40)14-7-9-26-15-17-30(39)18-16-26)23-38(22-28-12-8-11-27-10-5-6-13-31(27)28)24-34(41)37-32(19-20-44-4)35(42)43-3/h5-6,8,10-13,15-18,25,29,32,39H,7,9,14,19-24H2,1-4H3,(H,36,40)(H,37,41). The summed E-state index contributed by atoms with van der Waals surface area (Å²) in [5.41, 5.74) is 2.16. The molecule has 2 unspecified atom stereocenters. The van der Waals surface area contributed by atoms with Crippen molar-refractivity contribution in [2.24, 2.45) is 5.92 Å². The Morgan fingerprint density at radius 1 is 0.955 bits per heavy atom.